The number of fused-ring (bicyclic) bond motifs is 5. The Morgan fingerprint density at radius 2 is 1.71 bits per heavy atom. The van der Waals surface area contributed by atoms with Crippen molar-refractivity contribution in [1.29, 1.82) is 0 Å². The van der Waals surface area contributed by atoms with Crippen molar-refractivity contribution in [2.45, 2.75) is 24.8 Å². The number of nitrogens with zero attached hydrogens (tertiary/aromatic N) is 1. The van der Waals surface area contributed by atoms with E-state index < -0.39 is 0 Å². The van der Waals surface area contributed by atoms with Crippen LogP contribution >= 0.6 is 11.6 Å². The van der Waals surface area contributed by atoms with Crippen LogP contribution in [0, 0.1) is 17.8 Å². The van der Waals surface area contributed by atoms with E-state index in [0.717, 1.165) is 29.0 Å². The summed E-state index contributed by atoms with van der Waals surface area (Å²) < 4.78 is 6.06. The highest BCUT2D eigenvalue weighted by Gasteiger charge is 2.54. The predicted molar refractivity (Wildman–Crippen MR) is 96.6 cm³/mol. The molecule has 2 nitrogen and oxygen atoms in total. The average molecular weight is 338 g/mol. The summed E-state index contributed by atoms with van der Waals surface area (Å²) in [5.41, 5.74) is 2.54. The molecule has 0 aromatic heterocycles. The Balaban J connectivity index is 1.41. The van der Waals surface area contributed by atoms with Crippen molar-refractivity contribution in [3.8, 4) is 0 Å². The minimum absolute atomic E-state index is 0.439. The van der Waals surface area contributed by atoms with Crippen LogP contribution in [-0.2, 0) is 4.74 Å². The van der Waals surface area contributed by atoms with Crippen LogP contribution in [0.25, 0.3) is 0 Å². The summed E-state index contributed by atoms with van der Waals surface area (Å²) in [5.74, 6) is 3.49. The number of halogens is 1. The molecule has 2 saturated carbocycles. The second-order valence-electron chi connectivity index (χ2n) is 7.32. The molecule has 0 radical (unpaired) electrons. The molecule has 5 rings (SSSR count). The lowest BCUT2D eigenvalue weighted by Crippen LogP contribution is -2.38. The fourth-order valence-corrected chi connectivity index (χ4v) is 5.20. The van der Waals surface area contributed by atoms with Crippen molar-refractivity contribution < 1.29 is 4.74 Å². The Bertz CT molecular complexity index is 770. The van der Waals surface area contributed by atoms with Gasteiger partial charge in [0.1, 0.15) is 0 Å². The van der Waals surface area contributed by atoms with Crippen molar-refractivity contribution >= 4 is 17.5 Å². The minimum Gasteiger partial charge on any atom is -0.477 e. The van der Waals surface area contributed by atoms with Crippen LogP contribution in [0.15, 0.2) is 59.6 Å². The van der Waals surface area contributed by atoms with Gasteiger partial charge in [0, 0.05) is 16.5 Å². The zero-order valence-electron chi connectivity index (χ0n) is 13.4. The van der Waals surface area contributed by atoms with E-state index in [1.807, 2.05) is 24.3 Å². The molecule has 1 aliphatic heterocycles. The van der Waals surface area contributed by atoms with Crippen LogP contribution in [0.1, 0.15) is 29.9 Å². The van der Waals surface area contributed by atoms with Crippen molar-refractivity contribution in [3.05, 3.63) is 70.7 Å². The maximum absolute atomic E-state index is 6.06. The van der Waals surface area contributed by atoms with Crippen LogP contribution in [0.5, 0.6) is 0 Å². The van der Waals surface area contributed by atoms with Gasteiger partial charge in [-0.1, -0.05) is 41.9 Å². The summed E-state index contributed by atoms with van der Waals surface area (Å²) in [7, 11) is 0. The molecule has 1 heterocycles. The van der Waals surface area contributed by atoms with E-state index in [4.69, 9.17) is 21.3 Å². The normalized spacial score (nSPS) is 33.7. The Hall–Kier alpha value is -1.80. The molecular formula is C21H20ClNO. The lowest BCUT2D eigenvalue weighted by Gasteiger charge is -2.37. The number of rotatable bonds is 2. The first-order valence-electron chi connectivity index (χ1n) is 8.81. The number of benzene rings is 2. The van der Waals surface area contributed by atoms with Gasteiger partial charge in [0.05, 0.1) is 12.6 Å². The molecule has 0 amide bonds. The highest BCUT2D eigenvalue weighted by atomic mass is 35.5. The number of hydrogen-bond donors (Lipinski definition) is 0. The second kappa shape index (κ2) is 5.63. The first-order valence-corrected chi connectivity index (χ1v) is 9.19. The molecule has 2 aliphatic carbocycles. The first-order chi connectivity index (χ1) is 11.8. The summed E-state index contributed by atoms with van der Waals surface area (Å²) >= 11 is 5.98. The van der Waals surface area contributed by atoms with E-state index in [-0.39, 0.29) is 0 Å². The fraction of sp³-hybridized carbons (Fsp3) is 0.381. The average Bonchev–Trinajstić information content (AvgIpc) is 3.22. The second-order valence-corrected chi connectivity index (χ2v) is 7.76. The van der Waals surface area contributed by atoms with Crippen molar-refractivity contribution in [3.63, 3.8) is 0 Å². The van der Waals surface area contributed by atoms with Gasteiger partial charge in [-0.2, -0.15) is 0 Å². The van der Waals surface area contributed by atoms with E-state index >= 15 is 0 Å². The van der Waals surface area contributed by atoms with Crippen LogP contribution in [-0.4, -0.2) is 18.5 Å². The molecule has 2 fully saturated rings. The monoisotopic (exact) mass is 337 g/mol. The van der Waals surface area contributed by atoms with E-state index in [2.05, 4.69) is 30.3 Å². The molecule has 122 valence electrons. The maximum Gasteiger partial charge on any atom is 0.216 e. The third-order valence-corrected chi connectivity index (χ3v) is 6.37. The summed E-state index contributed by atoms with van der Waals surface area (Å²) in [5, 5.41) is 0.749. The molecular weight excluding hydrogens is 318 g/mol. The Morgan fingerprint density at radius 1 is 0.917 bits per heavy atom. The zero-order chi connectivity index (χ0) is 16.1. The molecule has 2 aromatic carbocycles. The van der Waals surface area contributed by atoms with Gasteiger partial charge in [0.2, 0.25) is 5.90 Å². The molecule has 0 saturated heterocycles. The minimum atomic E-state index is 0.439. The maximum atomic E-state index is 6.06. The SMILES string of the molecule is Clc1ccc(C2=N[C@H]3[C@@H]4C[C@H]([C@H]3CO2)[C@@H](c2ccccc2)C4)cc1. The molecule has 0 N–H and O–H groups in total. The smallest absolute Gasteiger partial charge is 0.216 e. The van der Waals surface area contributed by atoms with E-state index in [9.17, 15) is 0 Å². The van der Waals surface area contributed by atoms with Gasteiger partial charge in [-0.15, -0.1) is 0 Å². The van der Waals surface area contributed by atoms with E-state index in [1.165, 1.54) is 18.4 Å². The van der Waals surface area contributed by atoms with Gasteiger partial charge in [0.15, 0.2) is 0 Å². The lowest BCUT2D eigenvalue weighted by molar-refractivity contribution is 0.133. The number of ether oxygens (including phenoxy) is 1. The molecule has 0 unspecified atom stereocenters. The van der Waals surface area contributed by atoms with E-state index in [1.54, 1.807) is 0 Å². The fourth-order valence-electron chi connectivity index (χ4n) is 5.07. The van der Waals surface area contributed by atoms with Gasteiger partial charge in [-0.05, 0) is 60.4 Å². The van der Waals surface area contributed by atoms with Gasteiger partial charge in [-0.3, -0.25) is 0 Å². The predicted octanol–water partition coefficient (Wildman–Crippen LogP) is 4.93. The number of hydrogen-bond acceptors (Lipinski definition) is 2. The van der Waals surface area contributed by atoms with Crippen molar-refractivity contribution in [2.24, 2.45) is 22.7 Å². The summed E-state index contributed by atoms with van der Waals surface area (Å²) in [4.78, 5) is 5.01. The topological polar surface area (TPSA) is 21.6 Å². The molecule has 24 heavy (non-hydrogen) atoms. The molecule has 3 heteroatoms. The Labute approximate surface area is 147 Å². The van der Waals surface area contributed by atoms with Crippen LogP contribution < -0.4 is 0 Å². The Kier molecular flexibility index (Phi) is 3.41. The largest absolute Gasteiger partial charge is 0.477 e. The molecule has 5 atom stereocenters. The summed E-state index contributed by atoms with van der Waals surface area (Å²) in [6.45, 7) is 0.802. The summed E-state index contributed by atoms with van der Waals surface area (Å²) in [6, 6.07) is 19.2. The summed E-state index contributed by atoms with van der Waals surface area (Å²) in [6.07, 6.45) is 2.57. The van der Waals surface area contributed by atoms with Crippen LogP contribution in [0.4, 0.5) is 0 Å². The quantitative estimate of drug-likeness (QED) is 0.761. The highest BCUT2D eigenvalue weighted by Crippen LogP contribution is 2.57. The van der Waals surface area contributed by atoms with E-state index in [0.29, 0.717) is 23.8 Å². The molecule has 0 spiro atoms. The zero-order valence-corrected chi connectivity index (χ0v) is 14.2. The Morgan fingerprint density at radius 3 is 2.50 bits per heavy atom. The van der Waals surface area contributed by atoms with Gasteiger partial charge >= 0.3 is 0 Å². The van der Waals surface area contributed by atoms with Crippen LogP contribution in [0.3, 0.4) is 0 Å². The molecule has 2 aromatic rings. The molecule has 2 bridgehead atoms. The van der Waals surface area contributed by atoms with Gasteiger partial charge in [0.25, 0.3) is 0 Å². The lowest BCUT2D eigenvalue weighted by atomic mass is 9.75. The van der Waals surface area contributed by atoms with Crippen LogP contribution in [0.2, 0.25) is 5.02 Å². The van der Waals surface area contributed by atoms with Crippen molar-refractivity contribution in [1.82, 2.24) is 0 Å². The third kappa shape index (κ3) is 2.28. The highest BCUT2D eigenvalue weighted by molar-refractivity contribution is 6.30. The third-order valence-electron chi connectivity index (χ3n) is 6.12. The standard InChI is InChI=1S/C21H20ClNO/c22-16-8-6-14(7-9-16)21-23-20-15-10-17(13-4-2-1-3-5-13)18(11-15)19(20)12-24-21/h1-9,15,17-20H,10-12H2/t15-,17+,18-,19+,20-/m0/s1. The van der Waals surface area contributed by atoms with Crippen molar-refractivity contribution in [2.75, 3.05) is 6.61 Å². The van der Waals surface area contributed by atoms with Gasteiger partial charge < -0.3 is 4.74 Å². The number of aliphatic imine (C=N–C) groups is 1. The first kappa shape index (κ1) is 14.5. The molecule has 3 aliphatic rings. The van der Waals surface area contributed by atoms with Gasteiger partial charge in [-0.25, -0.2) is 4.99 Å².